The lowest BCUT2D eigenvalue weighted by Crippen LogP contribution is -2.51. The molecular formula is C14H17F3N2O2. The van der Waals surface area contributed by atoms with Crippen molar-refractivity contribution in [3.8, 4) is 0 Å². The molecule has 4 nitrogen and oxygen atoms in total. The van der Waals surface area contributed by atoms with Crippen molar-refractivity contribution in [1.29, 1.82) is 0 Å². The molecule has 1 amide bonds. The number of halogens is 3. The number of carbonyl (C=O) groups is 1. The van der Waals surface area contributed by atoms with Gasteiger partial charge in [0, 0.05) is 38.4 Å². The number of ether oxygens (including phenoxy) is 1. The molecular weight excluding hydrogens is 285 g/mol. The van der Waals surface area contributed by atoms with Gasteiger partial charge in [-0.2, -0.15) is 0 Å². The summed E-state index contributed by atoms with van der Waals surface area (Å²) in [7, 11) is 1.56. The second-order valence-electron chi connectivity index (χ2n) is 5.01. The van der Waals surface area contributed by atoms with Crippen LogP contribution in [0, 0.1) is 17.5 Å². The Morgan fingerprint density at radius 3 is 2.52 bits per heavy atom. The van der Waals surface area contributed by atoms with Gasteiger partial charge in [-0.1, -0.05) is 0 Å². The van der Waals surface area contributed by atoms with E-state index in [0.29, 0.717) is 25.0 Å². The maximum absolute atomic E-state index is 13.7. The van der Waals surface area contributed by atoms with Gasteiger partial charge in [0.1, 0.15) is 23.0 Å². The number of rotatable bonds is 3. The van der Waals surface area contributed by atoms with Gasteiger partial charge in [-0.15, -0.1) is 0 Å². The third-order valence-electron chi connectivity index (χ3n) is 3.75. The van der Waals surface area contributed by atoms with E-state index in [1.165, 1.54) is 4.90 Å². The lowest BCUT2D eigenvalue weighted by molar-refractivity contribution is 0.0134. The predicted octanol–water partition coefficient (Wildman–Crippen LogP) is 1.68. The molecule has 1 aliphatic rings. The number of carbonyl (C=O) groups excluding carboxylic acids is 1. The number of nitrogens with two attached hydrogens (primary N) is 1. The van der Waals surface area contributed by atoms with Gasteiger partial charge < -0.3 is 15.4 Å². The zero-order chi connectivity index (χ0) is 15.6. The monoisotopic (exact) mass is 302 g/mol. The minimum Gasteiger partial charge on any atom is -0.381 e. The second kappa shape index (κ2) is 6.44. The van der Waals surface area contributed by atoms with Crippen molar-refractivity contribution in [2.75, 3.05) is 20.2 Å². The average molecular weight is 302 g/mol. The molecule has 2 rings (SSSR count). The highest BCUT2D eigenvalue weighted by Crippen LogP contribution is 2.24. The largest absolute Gasteiger partial charge is 0.381 e. The summed E-state index contributed by atoms with van der Waals surface area (Å²) >= 11 is 0. The van der Waals surface area contributed by atoms with Crippen LogP contribution in [0.2, 0.25) is 0 Å². The van der Waals surface area contributed by atoms with E-state index in [2.05, 4.69) is 0 Å². The standard InChI is InChI=1S/C14H17F3N2O2/c1-21-10-2-3-19(9(6-10)7-18)14(20)13-11(16)4-8(15)5-12(13)17/h4-5,9-10H,2-3,6-7,18H2,1H3. The maximum Gasteiger partial charge on any atom is 0.260 e. The highest BCUT2D eigenvalue weighted by Gasteiger charge is 2.33. The molecule has 1 aromatic rings. The van der Waals surface area contributed by atoms with Crippen LogP contribution in [0.15, 0.2) is 12.1 Å². The zero-order valence-corrected chi connectivity index (χ0v) is 11.6. The van der Waals surface area contributed by atoms with Crippen LogP contribution in [-0.4, -0.2) is 43.2 Å². The first-order valence-electron chi connectivity index (χ1n) is 6.66. The fourth-order valence-electron chi connectivity index (χ4n) is 2.61. The lowest BCUT2D eigenvalue weighted by atomic mass is 9.98. The molecule has 1 saturated heterocycles. The van der Waals surface area contributed by atoms with Crippen molar-refractivity contribution < 1.29 is 22.7 Å². The van der Waals surface area contributed by atoms with E-state index in [-0.39, 0.29) is 25.2 Å². The van der Waals surface area contributed by atoms with Gasteiger partial charge in [-0.25, -0.2) is 13.2 Å². The molecule has 1 aromatic carbocycles. The Hall–Kier alpha value is -1.60. The number of nitrogens with zero attached hydrogens (tertiary/aromatic N) is 1. The van der Waals surface area contributed by atoms with Gasteiger partial charge in [0.05, 0.1) is 6.10 Å². The summed E-state index contributed by atoms with van der Waals surface area (Å²) < 4.78 is 45.6. The van der Waals surface area contributed by atoms with Crippen molar-refractivity contribution in [2.24, 2.45) is 5.73 Å². The minimum atomic E-state index is -1.21. The van der Waals surface area contributed by atoms with E-state index in [0.717, 1.165) is 0 Å². The number of methoxy groups -OCH3 is 1. The molecule has 0 radical (unpaired) electrons. The van der Waals surface area contributed by atoms with E-state index in [1.807, 2.05) is 0 Å². The van der Waals surface area contributed by atoms with Crippen LogP contribution in [0.25, 0.3) is 0 Å². The van der Waals surface area contributed by atoms with E-state index < -0.39 is 28.9 Å². The van der Waals surface area contributed by atoms with E-state index >= 15 is 0 Å². The first-order chi connectivity index (χ1) is 9.97. The van der Waals surface area contributed by atoms with Crippen molar-refractivity contribution in [3.05, 3.63) is 35.1 Å². The van der Waals surface area contributed by atoms with Crippen LogP contribution in [0.1, 0.15) is 23.2 Å². The SMILES string of the molecule is COC1CCN(C(=O)c2c(F)cc(F)cc2F)C(CN)C1. The molecule has 116 valence electrons. The van der Waals surface area contributed by atoms with Gasteiger partial charge in [-0.05, 0) is 12.8 Å². The van der Waals surface area contributed by atoms with Gasteiger partial charge in [-0.3, -0.25) is 4.79 Å². The fourth-order valence-corrected chi connectivity index (χ4v) is 2.61. The lowest BCUT2D eigenvalue weighted by Gasteiger charge is -2.38. The summed E-state index contributed by atoms with van der Waals surface area (Å²) in [6.07, 6.45) is 1.03. The zero-order valence-electron chi connectivity index (χ0n) is 11.6. The number of hydrogen-bond acceptors (Lipinski definition) is 3. The van der Waals surface area contributed by atoms with Crippen LogP contribution < -0.4 is 5.73 Å². The Balaban J connectivity index is 2.27. The van der Waals surface area contributed by atoms with Crippen LogP contribution in [-0.2, 0) is 4.74 Å². The Morgan fingerprint density at radius 1 is 1.38 bits per heavy atom. The fraction of sp³-hybridized carbons (Fsp3) is 0.500. The average Bonchev–Trinajstić information content (AvgIpc) is 2.45. The van der Waals surface area contributed by atoms with Gasteiger partial charge in [0.2, 0.25) is 0 Å². The number of benzene rings is 1. The molecule has 0 aliphatic carbocycles. The molecule has 2 unspecified atom stereocenters. The van der Waals surface area contributed by atoms with Crippen LogP contribution in [0.3, 0.4) is 0 Å². The number of amides is 1. The Morgan fingerprint density at radius 2 is 2.00 bits per heavy atom. The van der Waals surface area contributed by atoms with Gasteiger partial charge >= 0.3 is 0 Å². The topological polar surface area (TPSA) is 55.6 Å². The van der Waals surface area contributed by atoms with E-state index in [9.17, 15) is 18.0 Å². The van der Waals surface area contributed by atoms with Crippen molar-refractivity contribution in [3.63, 3.8) is 0 Å². The van der Waals surface area contributed by atoms with Gasteiger partial charge in [0.15, 0.2) is 0 Å². The molecule has 0 aromatic heterocycles. The maximum atomic E-state index is 13.7. The minimum absolute atomic E-state index is 0.0366. The molecule has 1 fully saturated rings. The van der Waals surface area contributed by atoms with Crippen LogP contribution in [0.4, 0.5) is 13.2 Å². The molecule has 1 aliphatic heterocycles. The third-order valence-corrected chi connectivity index (χ3v) is 3.75. The van der Waals surface area contributed by atoms with E-state index in [4.69, 9.17) is 10.5 Å². The first kappa shape index (κ1) is 15.8. The summed E-state index contributed by atoms with van der Waals surface area (Å²) in [6, 6.07) is 0.630. The Kier molecular flexibility index (Phi) is 4.84. The molecule has 2 atom stereocenters. The van der Waals surface area contributed by atoms with Gasteiger partial charge in [0.25, 0.3) is 5.91 Å². The molecule has 21 heavy (non-hydrogen) atoms. The molecule has 0 spiro atoms. The highest BCUT2D eigenvalue weighted by atomic mass is 19.1. The van der Waals surface area contributed by atoms with E-state index in [1.54, 1.807) is 7.11 Å². The second-order valence-corrected chi connectivity index (χ2v) is 5.01. The Labute approximate surface area is 120 Å². The third kappa shape index (κ3) is 3.19. The summed E-state index contributed by atoms with van der Waals surface area (Å²) in [4.78, 5) is 13.7. The molecule has 1 heterocycles. The quantitative estimate of drug-likeness (QED) is 0.924. The summed E-state index contributed by atoms with van der Waals surface area (Å²) in [5.41, 5.74) is 4.89. The first-order valence-corrected chi connectivity index (χ1v) is 6.66. The number of piperidine rings is 1. The number of hydrogen-bond donors (Lipinski definition) is 1. The number of likely N-dealkylation sites (tertiary alicyclic amines) is 1. The molecule has 7 heteroatoms. The van der Waals surface area contributed by atoms with Crippen LogP contribution in [0.5, 0.6) is 0 Å². The van der Waals surface area contributed by atoms with Crippen molar-refractivity contribution >= 4 is 5.91 Å². The van der Waals surface area contributed by atoms with Crippen molar-refractivity contribution in [1.82, 2.24) is 4.90 Å². The summed E-state index contributed by atoms with van der Waals surface area (Å²) in [6.45, 7) is 0.450. The smallest absolute Gasteiger partial charge is 0.260 e. The Bertz CT molecular complexity index is 516. The summed E-state index contributed by atoms with van der Waals surface area (Å²) in [5.74, 6) is -4.28. The summed E-state index contributed by atoms with van der Waals surface area (Å²) in [5, 5.41) is 0. The molecule has 0 bridgehead atoms. The molecule has 2 N–H and O–H groups in total. The predicted molar refractivity (Wildman–Crippen MR) is 70.2 cm³/mol. The van der Waals surface area contributed by atoms with Crippen LogP contribution >= 0.6 is 0 Å². The highest BCUT2D eigenvalue weighted by molar-refractivity contribution is 5.95. The molecule has 0 saturated carbocycles. The van der Waals surface area contributed by atoms with Crippen molar-refractivity contribution in [2.45, 2.75) is 25.0 Å². The normalized spacial score (nSPS) is 22.4.